The fraction of sp³-hybridized carbons (Fsp3) is 1.00. The van der Waals surface area contributed by atoms with Crippen LogP contribution in [0.2, 0.25) is 0 Å². The van der Waals surface area contributed by atoms with Crippen molar-refractivity contribution >= 4 is 0 Å². The van der Waals surface area contributed by atoms with Gasteiger partial charge in [-0.05, 0) is 18.8 Å². The van der Waals surface area contributed by atoms with E-state index in [9.17, 15) is 35.7 Å². The molecule has 1 unspecified atom stereocenters. The van der Waals surface area contributed by atoms with E-state index < -0.39 is 61.8 Å². The molecule has 1 atom stereocenters. The van der Waals surface area contributed by atoms with Crippen LogP contribution < -0.4 is 0 Å². The Kier molecular flexibility index (Phi) is 25.3. The van der Waals surface area contributed by atoms with Crippen LogP contribution in [0.1, 0.15) is 173 Å². The average molecular weight is 645 g/mol. The molecule has 270 valence electrons. The van der Waals surface area contributed by atoms with Crippen LogP contribution >= 0.6 is 0 Å². The van der Waals surface area contributed by atoms with Gasteiger partial charge in [-0.15, -0.1) is 0 Å². The molecule has 45 heavy (non-hydrogen) atoms. The van der Waals surface area contributed by atoms with Crippen LogP contribution in [-0.2, 0) is 0 Å². The summed E-state index contributed by atoms with van der Waals surface area (Å²) in [4.78, 5) is 0. The van der Waals surface area contributed by atoms with Crippen LogP contribution in [0.5, 0.6) is 0 Å². The Morgan fingerprint density at radius 1 is 0.333 bits per heavy atom. The van der Waals surface area contributed by atoms with E-state index in [1.54, 1.807) is 0 Å². The predicted molar refractivity (Wildman–Crippen MR) is 185 cm³/mol. The standard InChI is InChI=1S/C38H76O7/c39-28-35-26-24-22-20-18-16-14-12-10-8-6-4-2-1-3-5-7-9-11-13-15-17-19-21-23-25-27-36(29-40,30-41)38(33-44,34-45)37(35,31-42)32-43/h35,39-45H,1-34H2. The van der Waals surface area contributed by atoms with Crippen LogP contribution in [0.25, 0.3) is 0 Å². The summed E-state index contributed by atoms with van der Waals surface area (Å²) in [5.41, 5.74) is -4.38. The first-order chi connectivity index (χ1) is 22.0. The molecule has 7 nitrogen and oxygen atoms in total. The van der Waals surface area contributed by atoms with E-state index in [4.69, 9.17) is 0 Å². The molecule has 1 saturated carbocycles. The van der Waals surface area contributed by atoms with Crippen molar-refractivity contribution in [3.05, 3.63) is 0 Å². The van der Waals surface area contributed by atoms with E-state index in [2.05, 4.69) is 0 Å². The van der Waals surface area contributed by atoms with Crippen LogP contribution in [0.3, 0.4) is 0 Å². The number of rotatable bonds is 7. The second-order valence-corrected chi connectivity index (χ2v) is 14.7. The van der Waals surface area contributed by atoms with Gasteiger partial charge in [0.15, 0.2) is 0 Å². The molecule has 0 aromatic heterocycles. The predicted octanol–water partition coefficient (Wildman–Crippen LogP) is 7.05. The van der Waals surface area contributed by atoms with E-state index in [-0.39, 0.29) is 6.61 Å². The maximum Gasteiger partial charge on any atom is 0.0523 e. The molecule has 1 aliphatic rings. The molecule has 0 aromatic rings. The number of hydrogen-bond donors (Lipinski definition) is 7. The topological polar surface area (TPSA) is 142 Å². The molecule has 0 bridgehead atoms. The first-order valence-electron chi connectivity index (χ1n) is 19.3. The monoisotopic (exact) mass is 645 g/mol. The lowest BCUT2D eigenvalue weighted by Gasteiger charge is -2.59. The minimum Gasteiger partial charge on any atom is -0.396 e. The van der Waals surface area contributed by atoms with Gasteiger partial charge in [0.05, 0.1) is 39.6 Å². The number of aliphatic hydroxyl groups is 7. The largest absolute Gasteiger partial charge is 0.396 e. The van der Waals surface area contributed by atoms with E-state index >= 15 is 0 Å². The molecule has 1 aliphatic carbocycles. The van der Waals surface area contributed by atoms with Gasteiger partial charge < -0.3 is 35.7 Å². The summed E-state index contributed by atoms with van der Waals surface area (Å²) in [5.74, 6) is -0.603. The highest BCUT2D eigenvalue weighted by molar-refractivity contribution is 5.10. The smallest absolute Gasteiger partial charge is 0.0523 e. The summed E-state index contributed by atoms with van der Waals surface area (Å²) in [6, 6.07) is 0. The molecule has 0 heterocycles. The van der Waals surface area contributed by atoms with Gasteiger partial charge in [0, 0.05) is 22.9 Å². The van der Waals surface area contributed by atoms with Gasteiger partial charge in [0.2, 0.25) is 0 Å². The molecule has 0 saturated heterocycles. The minimum atomic E-state index is -1.58. The Hall–Kier alpha value is -0.280. The van der Waals surface area contributed by atoms with Gasteiger partial charge in [-0.25, -0.2) is 0 Å². The molecule has 0 aliphatic heterocycles. The highest BCUT2D eigenvalue weighted by Gasteiger charge is 2.63. The molecule has 0 amide bonds. The Labute approximate surface area is 277 Å². The average Bonchev–Trinajstić information content (AvgIpc) is 3.07. The lowest BCUT2D eigenvalue weighted by Crippen LogP contribution is -2.66. The Morgan fingerprint density at radius 3 is 0.867 bits per heavy atom. The highest BCUT2D eigenvalue weighted by Crippen LogP contribution is 2.57. The molecular formula is C38H76O7. The van der Waals surface area contributed by atoms with Crippen molar-refractivity contribution in [2.75, 3.05) is 46.2 Å². The lowest BCUT2D eigenvalue weighted by molar-refractivity contribution is -0.234. The molecular weight excluding hydrogens is 568 g/mol. The van der Waals surface area contributed by atoms with Gasteiger partial charge in [0.25, 0.3) is 0 Å². The Morgan fingerprint density at radius 2 is 0.622 bits per heavy atom. The molecule has 0 radical (unpaired) electrons. The third-order valence-electron chi connectivity index (χ3n) is 11.9. The van der Waals surface area contributed by atoms with Crippen molar-refractivity contribution in [1.29, 1.82) is 0 Å². The fourth-order valence-corrected chi connectivity index (χ4v) is 8.44. The van der Waals surface area contributed by atoms with Gasteiger partial charge in [-0.1, -0.05) is 161 Å². The first-order valence-corrected chi connectivity index (χ1v) is 19.3. The van der Waals surface area contributed by atoms with E-state index in [1.165, 1.54) is 116 Å². The van der Waals surface area contributed by atoms with Gasteiger partial charge >= 0.3 is 0 Å². The lowest BCUT2D eigenvalue weighted by atomic mass is 9.46. The summed E-state index contributed by atoms with van der Waals surface area (Å²) in [6.45, 7) is -3.70. The summed E-state index contributed by atoms with van der Waals surface area (Å²) in [7, 11) is 0. The molecule has 1 fully saturated rings. The Balaban J connectivity index is 2.94. The summed E-state index contributed by atoms with van der Waals surface area (Å²) >= 11 is 0. The van der Waals surface area contributed by atoms with E-state index in [0.717, 1.165) is 38.5 Å². The third-order valence-corrected chi connectivity index (χ3v) is 11.9. The van der Waals surface area contributed by atoms with E-state index in [0.29, 0.717) is 19.3 Å². The summed E-state index contributed by atoms with van der Waals surface area (Å²) in [6.07, 6.45) is 31.3. The van der Waals surface area contributed by atoms with Gasteiger partial charge in [0.1, 0.15) is 0 Å². The molecule has 1 rings (SSSR count). The van der Waals surface area contributed by atoms with Crippen LogP contribution in [0.4, 0.5) is 0 Å². The van der Waals surface area contributed by atoms with Crippen molar-refractivity contribution in [3.63, 3.8) is 0 Å². The molecule has 7 heteroatoms. The zero-order chi connectivity index (χ0) is 33.1. The summed E-state index contributed by atoms with van der Waals surface area (Å²) < 4.78 is 0. The minimum absolute atomic E-state index is 0.324. The van der Waals surface area contributed by atoms with Crippen molar-refractivity contribution in [1.82, 2.24) is 0 Å². The van der Waals surface area contributed by atoms with Crippen LogP contribution in [0.15, 0.2) is 0 Å². The highest BCUT2D eigenvalue weighted by atomic mass is 16.3. The maximum absolute atomic E-state index is 10.9. The van der Waals surface area contributed by atoms with Crippen molar-refractivity contribution in [2.24, 2.45) is 22.2 Å². The van der Waals surface area contributed by atoms with Crippen molar-refractivity contribution in [3.8, 4) is 0 Å². The number of aliphatic hydroxyl groups excluding tert-OH is 7. The normalized spacial score (nSPS) is 25.5. The fourth-order valence-electron chi connectivity index (χ4n) is 8.44. The third kappa shape index (κ3) is 13.6. The first kappa shape index (κ1) is 42.7. The molecule has 0 aromatic carbocycles. The zero-order valence-electron chi connectivity index (χ0n) is 29.2. The maximum atomic E-state index is 10.9. The summed E-state index contributed by atoms with van der Waals surface area (Å²) in [5, 5.41) is 75.4. The Bertz CT molecular complexity index is 646. The zero-order valence-corrected chi connectivity index (χ0v) is 29.2. The van der Waals surface area contributed by atoms with E-state index in [1.807, 2.05) is 0 Å². The second-order valence-electron chi connectivity index (χ2n) is 14.7. The quantitative estimate of drug-likeness (QED) is 0.157. The van der Waals surface area contributed by atoms with Gasteiger partial charge in [-0.3, -0.25) is 0 Å². The van der Waals surface area contributed by atoms with Crippen molar-refractivity contribution < 1.29 is 35.7 Å². The second kappa shape index (κ2) is 26.6. The van der Waals surface area contributed by atoms with Crippen molar-refractivity contribution in [2.45, 2.75) is 173 Å². The SMILES string of the molecule is OCC1CCCCCCCCCCCCCCCCCCCCCCCCCCCC(CO)(CO)C(CO)(CO)C1(CO)CO. The molecule has 0 spiro atoms. The number of hydrogen-bond acceptors (Lipinski definition) is 7. The van der Waals surface area contributed by atoms with Gasteiger partial charge in [-0.2, -0.15) is 0 Å². The van der Waals surface area contributed by atoms with Crippen LogP contribution in [0, 0.1) is 22.2 Å². The molecule has 7 N–H and O–H groups in total. The van der Waals surface area contributed by atoms with Crippen LogP contribution in [-0.4, -0.2) is 82.0 Å².